The molecule has 2 aromatic rings. The van der Waals surface area contributed by atoms with Crippen LogP contribution in [-0.2, 0) is 36.3 Å². The maximum atomic E-state index is 12.4. The Morgan fingerprint density at radius 2 is 2.17 bits per heavy atom. The zero-order valence-electron chi connectivity index (χ0n) is 13.9. The molecule has 2 aliphatic rings. The predicted molar refractivity (Wildman–Crippen MR) is 91.5 cm³/mol. The Bertz CT molecular complexity index is 805. The average molecular weight is 323 g/mol. The fourth-order valence-electron chi connectivity index (χ4n) is 3.15. The Labute approximate surface area is 141 Å². The number of hydrogen-bond acceptors (Lipinski definition) is 3. The minimum Gasteiger partial charge on any atom is -0.372 e. The van der Waals surface area contributed by atoms with E-state index in [9.17, 15) is 4.79 Å². The number of nitrogens with zero attached hydrogens (tertiary/aromatic N) is 3. The smallest absolute Gasteiger partial charge is 0.250 e. The van der Waals surface area contributed by atoms with Crippen molar-refractivity contribution < 1.29 is 9.53 Å². The van der Waals surface area contributed by atoms with Crippen molar-refractivity contribution in [2.24, 2.45) is 7.05 Å². The molecule has 0 bridgehead atoms. The van der Waals surface area contributed by atoms with Crippen molar-refractivity contribution >= 4 is 11.6 Å². The summed E-state index contributed by atoms with van der Waals surface area (Å²) in [5.74, 6) is 0.494. The zero-order chi connectivity index (χ0) is 16.7. The second-order valence-electron chi connectivity index (χ2n) is 6.53. The van der Waals surface area contributed by atoms with Crippen LogP contribution in [0.1, 0.15) is 41.3 Å². The highest BCUT2D eigenvalue weighted by molar-refractivity contribution is 6.01. The molecule has 1 amide bonds. The normalized spacial score (nSPS) is 16.0. The lowest BCUT2D eigenvalue weighted by molar-refractivity contribution is -0.114. The highest BCUT2D eigenvalue weighted by Crippen LogP contribution is 2.39. The van der Waals surface area contributed by atoms with Crippen LogP contribution in [0.5, 0.6) is 0 Å². The monoisotopic (exact) mass is 323 g/mol. The molecule has 1 fully saturated rings. The molecule has 1 aromatic carbocycles. The van der Waals surface area contributed by atoms with Gasteiger partial charge in [0.05, 0.1) is 31.1 Å². The second-order valence-corrected chi connectivity index (χ2v) is 6.53. The van der Waals surface area contributed by atoms with Crippen LogP contribution in [0.15, 0.2) is 36.9 Å². The summed E-state index contributed by atoms with van der Waals surface area (Å²) in [7, 11) is 1.94. The lowest BCUT2D eigenvalue weighted by Crippen LogP contribution is -2.29. The van der Waals surface area contributed by atoms with Gasteiger partial charge < -0.3 is 9.64 Å². The molecule has 0 radical (unpaired) electrons. The SMILES string of the molecule is C=CC(=O)N(Cc1cc(C2CC2)nn1C)c1ccc2c(c1)COC2. The molecule has 1 aliphatic carbocycles. The van der Waals surface area contributed by atoms with E-state index in [0.29, 0.717) is 25.7 Å². The van der Waals surface area contributed by atoms with Gasteiger partial charge in [0.2, 0.25) is 0 Å². The van der Waals surface area contributed by atoms with Gasteiger partial charge in [-0.3, -0.25) is 9.48 Å². The van der Waals surface area contributed by atoms with Gasteiger partial charge >= 0.3 is 0 Å². The molecule has 124 valence electrons. The van der Waals surface area contributed by atoms with Crippen LogP contribution in [0.25, 0.3) is 0 Å². The van der Waals surface area contributed by atoms with E-state index in [0.717, 1.165) is 22.6 Å². The van der Waals surface area contributed by atoms with Crippen LogP contribution in [0, 0.1) is 0 Å². The van der Waals surface area contributed by atoms with Crippen LogP contribution < -0.4 is 4.90 Å². The van der Waals surface area contributed by atoms with E-state index in [2.05, 4.69) is 17.7 Å². The summed E-state index contributed by atoms with van der Waals surface area (Å²) in [6, 6.07) is 8.19. The van der Waals surface area contributed by atoms with Crippen molar-refractivity contribution in [2.45, 2.75) is 38.5 Å². The van der Waals surface area contributed by atoms with Crippen molar-refractivity contribution in [2.75, 3.05) is 4.90 Å². The minimum absolute atomic E-state index is 0.108. The van der Waals surface area contributed by atoms with E-state index in [1.54, 1.807) is 4.90 Å². The summed E-state index contributed by atoms with van der Waals surface area (Å²) in [5, 5.41) is 4.60. The lowest BCUT2D eigenvalue weighted by atomic mass is 10.1. The number of carbonyl (C=O) groups is 1. The van der Waals surface area contributed by atoms with Crippen LogP contribution in [0.2, 0.25) is 0 Å². The van der Waals surface area contributed by atoms with E-state index >= 15 is 0 Å². The Morgan fingerprint density at radius 3 is 2.92 bits per heavy atom. The van der Waals surface area contributed by atoms with Gasteiger partial charge in [-0.2, -0.15) is 5.10 Å². The fraction of sp³-hybridized carbons (Fsp3) is 0.368. The average Bonchev–Trinajstić information content (AvgIpc) is 3.22. The number of amides is 1. The number of rotatable bonds is 5. The first kappa shape index (κ1) is 15.1. The van der Waals surface area contributed by atoms with Gasteiger partial charge in [-0.05, 0) is 48.2 Å². The topological polar surface area (TPSA) is 47.4 Å². The third-order valence-corrected chi connectivity index (χ3v) is 4.77. The molecule has 0 spiro atoms. The number of benzene rings is 1. The number of ether oxygens (including phenoxy) is 1. The quantitative estimate of drug-likeness (QED) is 0.795. The number of aryl methyl sites for hydroxylation is 1. The Balaban J connectivity index is 1.64. The largest absolute Gasteiger partial charge is 0.372 e. The van der Waals surface area contributed by atoms with Crippen LogP contribution in [0.4, 0.5) is 5.69 Å². The summed E-state index contributed by atoms with van der Waals surface area (Å²) in [6.45, 7) is 5.39. The Hall–Kier alpha value is -2.40. The molecule has 5 nitrogen and oxygen atoms in total. The third kappa shape index (κ3) is 2.76. The molecule has 1 aliphatic heterocycles. The predicted octanol–water partition coefficient (Wildman–Crippen LogP) is 3.05. The maximum absolute atomic E-state index is 12.4. The summed E-state index contributed by atoms with van der Waals surface area (Å²) in [4.78, 5) is 14.2. The molecular weight excluding hydrogens is 302 g/mol. The summed E-state index contributed by atoms with van der Waals surface area (Å²) in [6.07, 6.45) is 3.80. The highest BCUT2D eigenvalue weighted by atomic mass is 16.5. The van der Waals surface area contributed by atoms with Gasteiger partial charge in [-0.25, -0.2) is 0 Å². The van der Waals surface area contributed by atoms with E-state index in [1.165, 1.54) is 24.5 Å². The van der Waals surface area contributed by atoms with Crippen molar-refractivity contribution in [1.82, 2.24) is 9.78 Å². The first-order valence-corrected chi connectivity index (χ1v) is 8.32. The van der Waals surface area contributed by atoms with E-state index in [4.69, 9.17) is 4.74 Å². The number of anilines is 1. The van der Waals surface area contributed by atoms with Crippen molar-refractivity contribution in [3.8, 4) is 0 Å². The number of aromatic nitrogens is 2. The third-order valence-electron chi connectivity index (χ3n) is 4.77. The molecule has 0 saturated heterocycles. The first-order valence-electron chi connectivity index (χ1n) is 8.32. The molecule has 1 saturated carbocycles. The fourth-order valence-corrected chi connectivity index (χ4v) is 3.15. The molecule has 1 aromatic heterocycles. The van der Waals surface area contributed by atoms with Crippen LogP contribution in [0.3, 0.4) is 0 Å². The van der Waals surface area contributed by atoms with Gasteiger partial charge in [0.15, 0.2) is 0 Å². The van der Waals surface area contributed by atoms with Gasteiger partial charge in [0.1, 0.15) is 0 Å². The first-order chi connectivity index (χ1) is 11.7. The van der Waals surface area contributed by atoms with Gasteiger partial charge in [-0.15, -0.1) is 0 Å². The van der Waals surface area contributed by atoms with E-state index in [1.807, 2.05) is 29.9 Å². The molecule has 24 heavy (non-hydrogen) atoms. The van der Waals surface area contributed by atoms with E-state index < -0.39 is 0 Å². The molecule has 4 rings (SSSR count). The number of carbonyl (C=O) groups excluding carboxylic acids is 1. The lowest BCUT2D eigenvalue weighted by Gasteiger charge is -2.22. The minimum atomic E-state index is -0.108. The molecule has 5 heteroatoms. The second kappa shape index (κ2) is 5.91. The van der Waals surface area contributed by atoms with E-state index in [-0.39, 0.29) is 5.91 Å². The zero-order valence-corrected chi connectivity index (χ0v) is 13.9. The van der Waals surface area contributed by atoms with Crippen molar-refractivity contribution in [3.63, 3.8) is 0 Å². The molecule has 0 N–H and O–H groups in total. The molecule has 0 atom stereocenters. The van der Waals surface area contributed by atoms with Gasteiger partial charge in [0.25, 0.3) is 5.91 Å². The number of fused-ring (bicyclic) bond motifs is 1. The summed E-state index contributed by atoms with van der Waals surface area (Å²) < 4.78 is 7.36. The highest BCUT2D eigenvalue weighted by Gasteiger charge is 2.27. The summed E-state index contributed by atoms with van der Waals surface area (Å²) >= 11 is 0. The van der Waals surface area contributed by atoms with Crippen molar-refractivity contribution in [3.05, 3.63) is 59.4 Å². The maximum Gasteiger partial charge on any atom is 0.250 e. The Kier molecular flexibility index (Phi) is 3.73. The van der Waals surface area contributed by atoms with Crippen molar-refractivity contribution in [1.29, 1.82) is 0 Å². The molecular formula is C19H21N3O2. The Morgan fingerprint density at radius 1 is 1.38 bits per heavy atom. The number of hydrogen-bond donors (Lipinski definition) is 0. The summed E-state index contributed by atoms with van der Waals surface area (Å²) in [5.41, 5.74) is 5.39. The molecule has 0 unspecified atom stereocenters. The standard InChI is InChI=1S/C19H21N3O2/c1-3-19(23)22(16-7-6-14-11-24-12-15(14)8-16)10-17-9-18(13-4-5-13)20-21(17)2/h3,6-9,13H,1,4-5,10-12H2,2H3. The molecule has 2 heterocycles. The van der Waals surface area contributed by atoms with Gasteiger partial charge in [-0.1, -0.05) is 12.6 Å². The van der Waals surface area contributed by atoms with Crippen LogP contribution >= 0.6 is 0 Å². The van der Waals surface area contributed by atoms with Crippen LogP contribution in [-0.4, -0.2) is 15.7 Å². The van der Waals surface area contributed by atoms with Gasteiger partial charge in [0, 0.05) is 18.7 Å².